The van der Waals surface area contributed by atoms with Crippen molar-refractivity contribution in [2.75, 3.05) is 25.1 Å². The lowest BCUT2D eigenvalue weighted by Gasteiger charge is -2.26. The number of aromatic amines is 1. The molecule has 17 heavy (non-hydrogen) atoms. The number of ether oxygens (including phenoxy) is 2. The predicted molar refractivity (Wildman–Crippen MR) is 61.1 cm³/mol. The van der Waals surface area contributed by atoms with Crippen LogP contribution in [0.5, 0.6) is 5.88 Å². The summed E-state index contributed by atoms with van der Waals surface area (Å²) in [7, 11) is 0. The molecular weight excluding hydrogens is 222 g/mol. The molecule has 1 saturated heterocycles. The van der Waals surface area contributed by atoms with Gasteiger partial charge < -0.3 is 19.8 Å². The lowest BCUT2D eigenvalue weighted by atomic mass is 10.3. The first-order chi connectivity index (χ1) is 8.36. The normalized spacial score (nSPS) is 15.8. The van der Waals surface area contributed by atoms with Crippen molar-refractivity contribution in [3.8, 4) is 5.88 Å². The molecule has 1 aliphatic heterocycles. The van der Waals surface area contributed by atoms with Gasteiger partial charge in [0.1, 0.15) is 11.6 Å². The zero-order chi connectivity index (χ0) is 11.7. The van der Waals surface area contributed by atoms with E-state index in [-0.39, 0.29) is 6.10 Å². The lowest BCUT2D eigenvalue weighted by molar-refractivity contribution is -0.0807. The van der Waals surface area contributed by atoms with Crippen molar-refractivity contribution < 1.29 is 9.47 Å². The Morgan fingerprint density at radius 1 is 1.53 bits per heavy atom. The zero-order valence-electron chi connectivity index (χ0n) is 9.43. The Kier molecular flexibility index (Phi) is 2.52. The van der Waals surface area contributed by atoms with Crippen LogP contribution >= 0.6 is 0 Å². The SMILES string of the molecule is CCNc1nc(OC2COC2)c2[nH]cnc2n1. The fraction of sp³-hybridized carbons (Fsp3) is 0.500. The Morgan fingerprint density at radius 2 is 2.41 bits per heavy atom. The largest absolute Gasteiger partial charge is 0.468 e. The van der Waals surface area contributed by atoms with Crippen LogP contribution in [0.1, 0.15) is 6.92 Å². The summed E-state index contributed by atoms with van der Waals surface area (Å²) in [6.07, 6.45) is 1.66. The van der Waals surface area contributed by atoms with E-state index in [1.807, 2.05) is 6.92 Å². The van der Waals surface area contributed by atoms with Crippen molar-refractivity contribution in [1.29, 1.82) is 0 Å². The van der Waals surface area contributed by atoms with Crippen LogP contribution in [0.25, 0.3) is 11.2 Å². The second-order valence-electron chi connectivity index (χ2n) is 3.76. The molecule has 0 aromatic carbocycles. The predicted octanol–water partition coefficient (Wildman–Crippen LogP) is 0.562. The molecule has 1 fully saturated rings. The highest BCUT2D eigenvalue weighted by molar-refractivity contribution is 5.76. The minimum atomic E-state index is 0.0749. The van der Waals surface area contributed by atoms with E-state index in [4.69, 9.17) is 9.47 Å². The topological polar surface area (TPSA) is 85.0 Å². The second kappa shape index (κ2) is 4.17. The Hall–Kier alpha value is -1.89. The summed E-state index contributed by atoms with van der Waals surface area (Å²) in [5.41, 5.74) is 1.32. The van der Waals surface area contributed by atoms with Gasteiger partial charge in [0.05, 0.1) is 19.5 Å². The summed E-state index contributed by atoms with van der Waals surface area (Å²) in [5, 5.41) is 3.05. The number of hydrogen-bond acceptors (Lipinski definition) is 6. The number of H-pyrrole nitrogens is 1. The first-order valence-electron chi connectivity index (χ1n) is 5.56. The van der Waals surface area contributed by atoms with E-state index in [0.29, 0.717) is 30.7 Å². The Labute approximate surface area is 97.6 Å². The maximum absolute atomic E-state index is 5.72. The summed E-state index contributed by atoms with van der Waals surface area (Å²) in [6, 6.07) is 0. The number of imidazole rings is 1. The van der Waals surface area contributed by atoms with Crippen LogP contribution in [-0.2, 0) is 4.74 Å². The quantitative estimate of drug-likeness (QED) is 0.805. The Morgan fingerprint density at radius 3 is 3.12 bits per heavy atom. The van der Waals surface area contributed by atoms with Crippen molar-refractivity contribution in [2.24, 2.45) is 0 Å². The summed E-state index contributed by atoms with van der Waals surface area (Å²) in [6.45, 7) is 3.95. The maximum atomic E-state index is 5.72. The standard InChI is InChI=1S/C10H13N5O2/c1-2-11-10-14-8-7(12-5-13-8)9(15-10)17-6-3-16-4-6/h5-6H,2-4H2,1H3,(H2,11,12,13,14,15). The molecule has 0 atom stereocenters. The third-order valence-corrected chi connectivity index (χ3v) is 2.47. The number of anilines is 1. The molecule has 0 aliphatic carbocycles. The van der Waals surface area contributed by atoms with Gasteiger partial charge in [-0.05, 0) is 6.92 Å². The molecule has 0 amide bonds. The first-order valence-corrected chi connectivity index (χ1v) is 5.56. The third kappa shape index (κ3) is 1.89. The highest BCUT2D eigenvalue weighted by Gasteiger charge is 2.23. The van der Waals surface area contributed by atoms with Gasteiger partial charge in [-0.2, -0.15) is 9.97 Å². The third-order valence-electron chi connectivity index (χ3n) is 2.47. The number of hydrogen-bond donors (Lipinski definition) is 2. The minimum absolute atomic E-state index is 0.0749. The highest BCUT2D eigenvalue weighted by atomic mass is 16.6. The van der Waals surface area contributed by atoms with Crippen LogP contribution in [-0.4, -0.2) is 45.8 Å². The van der Waals surface area contributed by atoms with Gasteiger partial charge in [-0.3, -0.25) is 0 Å². The molecule has 0 radical (unpaired) electrons. The monoisotopic (exact) mass is 235 g/mol. The van der Waals surface area contributed by atoms with Crippen LogP contribution in [0, 0.1) is 0 Å². The molecule has 2 aromatic rings. The molecule has 3 rings (SSSR count). The van der Waals surface area contributed by atoms with Gasteiger partial charge in [-0.15, -0.1) is 0 Å². The molecule has 0 saturated carbocycles. The number of nitrogens with zero attached hydrogens (tertiary/aromatic N) is 3. The van der Waals surface area contributed by atoms with Crippen LogP contribution in [0.4, 0.5) is 5.95 Å². The van der Waals surface area contributed by atoms with Crippen LogP contribution in [0.2, 0.25) is 0 Å². The van der Waals surface area contributed by atoms with Crippen LogP contribution < -0.4 is 10.1 Å². The van der Waals surface area contributed by atoms with Gasteiger partial charge >= 0.3 is 0 Å². The molecule has 3 heterocycles. The minimum Gasteiger partial charge on any atom is -0.468 e. The van der Waals surface area contributed by atoms with Crippen molar-refractivity contribution >= 4 is 17.1 Å². The molecule has 2 N–H and O–H groups in total. The molecule has 7 heteroatoms. The summed E-state index contributed by atoms with van der Waals surface area (Å²) in [5.74, 6) is 1.05. The van der Waals surface area contributed by atoms with E-state index in [0.717, 1.165) is 12.1 Å². The van der Waals surface area contributed by atoms with Crippen molar-refractivity contribution in [3.63, 3.8) is 0 Å². The number of fused-ring (bicyclic) bond motifs is 1. The number of rotatable bonds is 4. The molecule has 2 aromatic heterocycles. The van der Waals surface area contributed by atoms with Gasteiger partial charge in [0.25, 0.3) is 0 Å². The summed E-state index contributed by atoms with van der Waals surface area (Å²) < 4.78 is 10.8. The smallest absolute Gasteiger partial charge is 0.245 e. The van der Waals surface area contributed by atoms with E-state index < -0.39 is 0 Å². The zero-order valence-corrected chi connectivity index (χ0v) is 9.43. The van der Waals surface area contributed by atoms with Crippen LogP contribution in [0.15, 0.2) is 6.33 Å². The van der Waals surface area contributed by atoms with Crippen molar-refractivity contribution in [3.05, 3.63) is 6.33 Å². The van der Waals surface area contributed by atoms with E-state index in [1.54, 1.807) is 6.33 Å². The van der Waals surface area contributed by atoms with Gasteiger partial charge in [-0.1, -0.05) is 0 Å². The van der Waals surface area contributed by atoms with Gasteiger partial charge in [0, 0.05) is 6.54 Å². The molecule has 90 valence electrons. The fourth-order valence-corrected chi connectivity index (χ4v) is 1.57. The van der Waals surface area contributed by atoms with Crippen molar-refractivity contribution in [2.45, 2.75) is 13.0 Å². The van der Waals surface area contributed by atoms with Crippen molar-refractivity contribution in [1.82, 2.24) is 19.9 Å². The average molecular weight is 235 g/mol. The fourth-order valence-electron chi connectivity index (χ4n) is 1.57. The number of nitrogens with one attached hydrogen (secondary N) is 2. The average Bonchev–Trinajstić information content (AvgIpc) is 2.71. The van der Waals surface area contributed by atoms with Gasteiger partial charge in [0.15, 0.2) is 5.65 Å². The first kappa shape index (κ1) is 10.3. The summed E-state index contributed by atoms with van der Waals surface area (Å²) in [4.78, 5) is 15.7. The van der Waals surface area contributed by atoms with Gasteiger partial charge in [-0.25, -0.2) is 4.98 Å². The van der Waals surface area contributed by atoms with E-state index in [2.05, 4.69) is 25.3 Å². The van der Waals surface area contributed by atoms with E-state index in [9.17, 15) is 0 Å². The number of aromatic nitrogens is 4. The molecule has 0 bridgehead atoms. The van der Waals surface area contributed by atoms with E-state index in [1.165, 1.54) is 0 Å². The van der Waals surface area contributed by atoms with Gasteiger partial charge in [0.2, 0.25) is 11.8 Å². The second-order valence-corrected chi connectivity index (χ2v) is 3.76. The molecule has 1 aliphatic rings. The molecule has 0 spiro atoms. The molecule has 0 unspecified atom stereocenters. The highest BCUT2D eigenvalue weighted by Crippen LogP contribution is 2.23. The maximum Gasteiger partial charge on any atom is 0.245 e. The lowest BCUT2D eigenvalue weighted by Crippen LogP contribution is -2.38. The van der Waals surface area contributed by atoms with Crippen LogP contribution in [0.3, 0.4) is 0 Å². The Bertz CT molecular complexity index is 522. The molecular formula is C10H13N5O2. The Balaban J connectivity index is 1.96. The van der Waals surface area contributed by atoms with E-state index >= 15 is 0 Å². The summed E-state index contributed by atoms with van der Waals surface area (Å²) >= 11 is 0. The molecule has 7 nitrogen and oxygen atoms in total.